The molecule has 0 unspecified atom stereocenters. The molecule has 1 aliphatic carbocycles. The quantitative estimate of drug-likeness (QED) is 0.283. The molecule has 1 N–H and O–H groups in total. The number of rotatable bonds is 3. The minimum absolute atomic E-state index is 0.185. The number of nitrogens with one attached hydrogen (secondary N) is 1. The van der Waals surface area contributed by atoms with E-state index in [1.54, 1.807) is 44.8 Å². The van der Waals surface area contributed by atoms with Crippen molar-refractivity contribution in [1.82, 2.24) is 14.7 Å². The number of aryl methyl sites for hydroxylation is 2. The number of nitrogens with zero attached hydrogens (tertiary/aromatic N) is 3. The number of aromatic nitrogens is 2. The molecule has 51 heavy (non-hydrogen) atoms. The van der Waals surface area contributed by atoms with Crippen molar-refractivity contribution in [2.24, 2.45) is 17.8 Å². The number of ether oxygens (including phenoxy) is 2. The highest BCUT2D eigenvalue weighted by Gasteiger charge is 2.48. The topological polar surface area (TPSA) is 111 Å². The number of carbonyl (C=O) groups is 1. The molecule has 1 saturated carbocycles. The summed E-state index contributed by atoms with van der Waals surface area (Å²) in [5, 5.41) is -0.0610. The fourth-order valence-corrected chi connectivity index (χ4v) is 9.29. The summed E-state index contributed by atoms with van der Waals surface area (Å²) in [6, 6.07) is 13.1. The Labute approximate surface area is 307 Å². The first-order valence-corrected chi connectivity index (χ1v) is 20.2. The highest BCUT2D eigenvalue weighted by Crippen LogP contribution is 2.47. The summed E-state index contributed by atoms with van der Waals surface area (Å²) in [4.78, 5) is 24.3. The van der Waals surface area contributed by atoms with E-state index in [1.165, 1.54) is 5.56 Å². The van der Waals surface area contributed by atoms with Crippen LogP contribution in [0.25, 0.3) is 0 Å². The first kappa shape index (κ1) is 37.1. The van der Waals surface area contributed by atoms with Gasteiger partial charge in [-0.05, 0) is 118 Å². The normalized spacial score (nSPS) is 26.7. The van der Waals surface area contributed by atoms with E-state index >= 15 is 0 Å². The van der Waals surface area contributed by atoms with Crippen molar-refractivity contribution in [3.8, 4) is 17.6 Å². The van der Waals surface area contributed by atoms with E-state index in [9.17, 15) is 13.2 Å². The van der Waals surface area contributed by atoms with Gasteiger partial charge in [-0.2, -0.15) is 0 Å². The molecule has 0 saturated heterocycles. The van der Waals surface area contributed by atoms with Crippen LogP contribution in [-0.2, 0) is 34.2 Å². The first-order valence-electron chi connectivity index (χ1n) is 18.2. The van der Waals surface area contributed by atoms with Crippen LogP contribution in [0.2, 0.25) is 5.02 Å². The minimum Gasteiger partial charge on any atom is -0.487 e. The van der Waals surface area contributed by atoms with E-state index < -0.39 is 26.8 Å². The molecule has 0 radical (unpaired) electrons. The number of anilines is 1. The Morgan fingerprint density at radius 2 is 1.94 bits per heavy atom. The predicted molar refractivity (Wildman–Crippen MR) is 200 cm³/mol. The molecule has 9 nitrogen and oxygen atoms in total. The molecule has 1 aromatic heterocycles. The van der Waals surface area contributed by atoms with Crippen LogP contribution in [0.4, 0.5) is 5.69 Å². The minimum atomic E-state index is -3.95. The van der Waals surface area contributed by atoms with Crippen molar-refractivity contribution in [3.05, 3.63) is 82.4 Å². The molecule has 3 aliphatic rings. The van der Waals surface area contributed by atoms with Gasteiger partial charge >= 0.3 is 0 Å². The molecular weight excluding hydrogens is 684 g/mol. The second-order valence-electron chi connectivity index (χ2n) is 14.4. The number of benzene rings is 2. The molecule has 11 heteroatoms. The number of amides is 1. The van der Waals surface area contributed by atoms with Gasteiger partial charge in [0.05, 0.1) is 10.9 Å². The maximum absolute atomic E-state index is 13.6. The number of fused-ring (bicyclic) bond motifs is 3. The van der Waals surface area contributed by atoms with Gasteiger partial charge < -0.3 is 14.4 Å². The number of sulfonamides is 1. The van der Waals surface area contributed by atoms with E-state index in [1.807, 2.05) is 31.2 Å². The Balaban J connectivity index is 1.37. The molecular formula is C40H49ClN4O5S. The molecule has 3 heterocycles. The van der Waals surface area contributed by atoms with Crippen LogP contribution in [0.3, 0.4) is 0 Å². The molecule has 272 valence electrons. The van der Waals surface area contributed by atoms with Gasteiger partial charge in [0.2, 0.25) is 10.0 Å². The molecule has 2 bridgehead atoms. The average molecular weight is 733 g/mol. The Hall–Kier alpha value is -3.65. The highest BCUT2D eigenvalue weighted by molar-refractivity contribution is 7.90. The Bertz CT molecular complexity index is 1860. The zero-order chi connectivity index (χ0) is 36.0. The van der Waals surface area contributed by atoms with Crippen LogP contribution in [0.15, 0.2) is 55.0 Å². The van der Waals surface area contributed by atoms with Crippen molar-refractivity contribution in [3.63, 3.8) is 0 Å². The smallest absolute Gasteiger partial charge is 0.264 e. The Morgan fingerprint density at radius 1 is 1.08 bits per heavy atom. The lowest BCUT2D eigenvalue weighted by Crippen LogP contribution is -2.51. The Kier molecular flexibility index (Phi) is 11.9. The van der Waals surface area contributed by atoms with Crippen LogP contribution in [0.5, 0.6) is 5.75 Å². The zero-order valence-corrected chi connectivity index (χ0v) is 31.4. The van der Waals surface area contributed by atoms with E-state index in [0.717, 1.165) is 75.0 Å². The highest BCUT2D eigenvalue weighted by atomic mass is 35.5. The van der Waals surface area contributed by atoms with Crippen molar-refractivity contribution in [2.45, 2.75) is 95.5 Å². The molecule has 3 aromatic rings. The molecule has 2 aromatic carbocycles. The average Bonchev–Trinajstić information content (AvgIpc) is 3.14. The number of halogens is 1. The summed E-state index contributed by atoms with van der Waals surface area (Å²) < 4.78 is 42.4. The van der Waals surface area contributed by atoms with E-state index in [4.69, 9.17) is 21.1 Å². The van der Waals surface area contributed by atoms with Crippen molar-refractivity contribution >= 4 is 33.2 Å². The lowest BCUT2D eigenvalue weighted by molar-refractivity contribution is -0.0742. The fourth-order valence-electron chi connectivity index (χ4n) is 7.79. The van der Waals surface area contributed by atoms with Gasteiger partial charge in [-0.1, -0.05) is 36.4 Å². The van der Waals surface area contributed by atoms with E-state index in [0.29, 0.717) is 42.6 Å². The van der Waals surface area contributed by atoms with E-state index in [2.05, 4.69) is 31.4 Å². The molecule has 1 fully saturated rings. The fraction of sp³-hybridized carbons (Fsp3) is 0.525. The van der Waals surface area contributed by atoms with Crippen LogP contribution in [0, 0.1) is 29.6 Å². The van der Waals surface area contributed by atoms with Crippen LogP contribution in [-0.4, -0.2) is 55.3 Å². The van der Waals surface area contributed by atoms with Gasteiger partial charge in [0.1, 0.15) is 24.3 Å². The standard InChI is InChI=1S/C40H49ClN4O5S/c1-28-9-8-20-40(49-3,19-6-4-11-35-18-21-42-27-43-35)36-16-13-32(36)25-45-22-7-5-10-30-23-34(41)15-12-33(30)26-50-38-17-14-31(24-37(38)45)39(46)44-51(47,48)29(28)2/h12,14-15,17-18,21,23-24,27-29,32,36H,4-5,7-11,13,16,20,22,25-26H2,1-3H3,(H,44,46)/t28-,29+,32-,36+,40-/m0/s1. The molecule has 5 atom stereocenters. The lowest BCUT2D eigenvalue weighted by atomic mass is 9.63. The largest absolute Gasteiger partial charge is 0.487 e. The molecule has 0 spiro atoms. The van der Waals surface area contributed by atoms with Crippen molar-refractivity contribution in [1.29, 1.82) is 0 Å². The SMILES string of the molecule is CO[C@@]1(C#CCCc2ccncn2)CCC[C@H](C)[C@@H](C)S(=O)(=O)NC(=O)c2ccc3c(c2)N(CCCCc2cc(Cl)ccc2CO3)C[C@@H]2CC[C@H]21. The third kappa shape index (κ3) is 8.70. The summed E-state index contributed by atoms with van der Waals surface area (Å²) in [6.07, 6.45) is 11.6. The van der Waals surface area contributed by atoms with Gasteiger partial charge in [0.25, 0.3) is 5.91 Å². The maximum atomic E-state index is 13.6. The van der Waals surface area contributed by atoms with Gasteiger partial charge in [-0.25, -0.2) is 23.1 Å². The lowest BCUT2D eigenvalue weighted by Gasteiger charge is -2.49. The van der Waals surface area contributed by atoms with Gasteiger partial charge in [0.15, 0.2) is 0 Å². The summed E-state index contributed by atoms with van der Waals surface area (Å²) in [5.74, 6) is 7.41. The second kappa shape index (κ2) is 16.4. The van der Waals surface area contributed by atoms with Gasteiger partial charge in [-0.15, -0.1) is 0 Å². The zero-order valence-electron chi connectivity index (χ0n) is 29.9. The van der Waals surface area contributed by atoms with Crippen molar-refractivity contribution in [2.75, 3.05) is 25.1 Å². The van der Waals surface area contributed by atoms with Crippen LogP contribution in [0.1, 0.15) is 92.4 Å². The summed E-state index contributed by atoms with van der Waals surface area (Å²) in [7, 11) is -2.18. The summed E-state index contributed by atoms with van der Waals surface area (Å²) in [6.45, 7) is 5.46. The predicted octanol–water partition coefficient (Wildman–Crippen LogP) is 7.17. The van der Waals surface area contributed by atoms with Gasteiger partial charge in [-0.3, -0.25) is 4.79 Å². The number of hydrogen-bond acceptors (Lipinski definition) is 8. The molecule has 1 amide bonds. The summed E-state index contributed by atoms with van der Waals surface area (Å²) in [5.41, 5.74) is 3.61. The monoisotopic (exact) mass is 732 g/mol. The molecule has 6 rings (SSSR count). The number of hydrogen-bond donors (Lipinski definition) is 1. The maximum Gasteiger partial charge on any atom is 0.264 e. The van der Waals surface area contributed by atoms with Crippen LogP contribution >= 0.6 is 11.6 Å². The third-order valence-corrected chi connectivity index (χ3v) is 13.4. The molecule has 2 aliphatic heterocycles. The van der Waals surface area contributed by atoms with Gasteiger partial charge in [0, 0.05) is 61.4 Å². The van der Waals surface area contributed by atoms with Crippen molar-refractivity contribution < 1.29 is 22.7 Å². The number of methoxy groups -OCH3 is 1. The summed E-state index contributed by atoms with van der Waals surface area (Å²) >= 11 is 6.38. The third-order valence-electron chi connectivity index (χ3n) is 11.3. The number of carbonyl (C=O) groups excluding carboxylic acids is 1. The second-order valence-corrected chi connectivity index (χ2v) is 16.9. The van der Waals surface area contributed by atoms with Crippen LogP contribution < -0.4 is 14.4 Å². The van der Waals surface area contributed by atoms with E-state index in [-0.39, 0.29) is 17.4 Å². The first-order chi connectivity index (χ1) is 24.6. The Morgan fingerprint density at radius 3 is 2.71 bits per heavy atom.